The van der Waals surface area contributed by atoms with Crippen LogP contribution in [0.2, 0.25) is 0 Å². The number of hydrogen-bond donors (Lipinski definition) is 1. The molecule has 0 bridgehead atoms. The zero-order valence-corrected chi connectivity index (χ0v) is 11.7. The van der Waals surface area contributed by atoms with Crippen LogP contribution in [0, 0.1) is 6.92 Å². The SMILES string of the molecule is CC[C@H](N)c1ccccc1Sc1nnc(C)n1C. The van der Waals surface area contributed by atoms with E-state index in [1.165, 1.54) is 5.56 Å². The third kappa shape index (κ3) is 2.57. The first-order valence-electron chi connectivity index (χ1n) is 6.01. The highest BCUT2D eigenvalue weighted by molar-refractivity contribution is 7.99. The summed E-state index contributed by atoms with van der Waals surface area (Å²) in [5.74, 6) is 0.912. The number of aryl methyl sites for hydroxylation is 1. The van der Waals surface area contributed by atoms with Crippen LogP contribution < -0.4 is 5.73 Å². The van der Waals surface area contributed by atoms with Gasteiger partial charge in [-0.1, -0.05) is 25.1 Å². The van der Waals surface area contributed by atoms with Gasteiger partial charge < -0.3 is 10.3 Å². The lowest BCUT2D eigenvalue weighted by Gasteiger charge is -2.13. The van der Waals surface area contributed by atoms with Gasteiger partial charge in [0.05, 0.1) is 0 Å². The average molecular weight is 262 g/mol. The lowest BCUT2D eigenvalue weighted by Crippen LogP contribution is -2.09. The zero-order chi connectivity index (χ0) is 13.1. The van der Waals surface area contributed by atoms with E-state index in [2.05, 4.69) is 29.3 Å². The monoisotopic (exact) mass is 262 g/mol. The first-order valence-corrected chi connectivity index (χ1v) is 6.83. The summed E-state index contributed by atoms with van der Waals surface area (Å²) in [7, 11) is 1.97. The Morgan fingerprint density at radius 3 is 2.67 bits per heavy atom. The van der Waals surface area contributed by atoms with Crippen LogP contribution in [0.4, 0.5) is 0 Å². The fourth-order valence-corrected chi connectivity index (χ4v) is 2.71. The van der Waals surface area contributed by atoms with E-state index in [0.717, 1.165) is 22.3 Å². The summed E-state index contributed by atoms with van der Waals surface area (Å²) in [5, 5.41) is 9.13. The number of nitrogens with zero attached hydrogens (tertiary/aromatic N) is 3. The van der Waals surface area contributed by atoms with Gasteiger partial charge in [-0.15, -0.1) is 10.2 Å². The van der Waals surface area contributed by atoms with Crippen molar-refractivity contribution in [1.82, 2.24) is 14.8 Å². The van der Waals surface area contributed by atoms with Crippen LogP contribution in [0.15, 0.2) is 34.3 Å². The van der Waals surface area contributed by atoms with Gasteiger partial charge in [0.15, 0.2) is 5.16 Å². The highest BCUT2D eigenvalue weighted by Gasteiger charge is 2.13. The van der Waals surface area contributed by atoms with Gasteiger partial charge in [0, 0.05) is 18.0 Å². The molecule has 0 unspecified atom stereocenters. The predicted molar refractivity (Wildman–Crippen MR) is 73.5 cm³/mol. The molecule has 2 N–H and O–H groups in total. The molecule has 2 rings (SSSR count). The van der Waals surface area contributed by atoms with Crippen molar-refractivity contribution in [3.63, 3.8) is 0 Å². The second kappa shape index (κ2) is 5.54. The van der Waals surface area contributed by atoms with Crippen LogP contribution in [0.25, 0.3) is 0 Å². The van der Waals surface area contributed by atoms with E-state index in [-0.39, 0.29) is 6.04 Å². The molecule has 4 nitrogen and oxygen atoms in total. The molecule has 5 heteroatoms. The summed E-state index contributed by atoms with van der Waals surface area (Å²) in [5.41, 5.74) is 7.31. The molecule has 0 amide bonds. The molecule has 0 aliphatic heterocycles. The molecule has 0 spiro atoms. The minimum absolute atomic E-state index is 0.0722. The Kier molecular flexibility index (Phi) is 4.04. The smallest absolute Gasteiger partial charge is 0.195 e. The van der Waals surface area contributed by atoms with Crippen LogP contribution in [0.5, 0.6) is 0 Å². The van der Waals surface area contributed by atoms with Crippen molar-refractivity contribution < 1.29 is 0 Å². The average Bonchev–Trinajstić information content (AvgIpc) is 2.70. The van der Waals surface area contributed by atoms with E-state index in [4.69, 9.17) is 5.73 Å². The van der Waals surface area contributed by atoms with Crippen LogP contribution in [0.3, 0.4) is 0 Å². The second-order valence-electron chi connectivity index (χ2n) is 4.24. The Morgan fingerprint density at radius 2 is 2.06 bits per heavy atom. The first-order chi connectivity index (χ1) is 8.63. The van der Waals surface area contributed by atoms with Crippen LogP contribution >= 0.6 is 11.8 Å². The quantitative estimate of drug-likeness (QED) is 0.920. The molecule has 18 heavy (non-hydrogen) atoms. The van der Waals surface area contributed by atoms with E-state index in [1.807, 2.05) is 30.7 Å². The van der Waals surface area contributed by atoms with Crippen molar-refractivity contribution >= 4 is 11.8 Å². The molecule has 1 heterocycles. The van der Waals surface area contributed by atoms with Crippen LogP contribution in [0.1, 0.15) is 30.8 Å². The molecule has 0 fully saturated rings. The molecule has 0 aliphatic rings. The van der Waals surface area contributed by atoms with Crippen molar-refractivity contribution in [1.29, 1.82) is 0 Å². The maximum absolute atomic E-state index is 6.14. The van der Waals surface area contributed by atoms with Crippen LogP contribution in [-0.4, -0.2) is 14.8 Å². The summed E-state index contributed by atoms with van der Waals surface area (Å²) >= 11 is 1.61. The largest absolute Gasteiger partial charge is 0.324 e. The molecule has 1 atom stereocenters. The summed E-state index contributed by atoms with van der Waals surface area (Å²) in [6.45, 7) is 4.04. The summed E-state index contributed by atoms with van der Waals surface area (Å²) in [4.78, 5) is 1.15. The topological polar surface area (TPSA) is 56.7 Å². The lowest BCUT2D eigenvalue weighted by molar-refractivity contribution is 0.684. The van der Waals surface area contributed by atoms with E-state index >= 15 is 0 Å². The Bertz CT molecular complexity index is 536. The maximum atomic E-state index is 6.14. The van der Waals surface area contributed by atoms with Gasteiger partial charge in [0.2, 0.25) is 0 Å². The van der Waals surface area contributed by atoms with Gasteiger partial charge in [0.25, 0.3) is 0 Å². The molecule has 96 valence electrons. The molecule has 0 saturated carbocycles. The minimum Gasteiger partial charge on any atom is -0.324 e. The molecule has 1 aromatic carbocycles. The van der Waals surface area contributed by atoms with E-state index < -0.39 is 0 Å². The molecule has 0 aliphatic carbocycles. The molecular formula is C13H18N4S. The minimum atomic E-state index is 0.0722. The Labute approximate surface area is 112 Å². The Hall–Kier alpha value is -1.33. The molecular weight excluding hydrogens is 244 g/mol. The fraction of sp³-hybridized carbons (Fsp3) is 0.385. The number of rotatable bonds is 4. The zero-order valence-electron chi connectivity index (χ0n) is 10.9. The molecule has 0 saturated heterocycles. The third-order valence-electron chi connectivity index (χ3n) is 3.01. The number of hydrogen-bond acceptors (Lipinski definition) is 4. The predicted octanol–water partition coefficient (Wildman–Crippen LogP) is 2.68. The standard InChI is InChI=1S/C13H18N4S/c1-4-11(14)10-7-5-6-8-12(10)18-13-16-15-9(2)17(13)3/h5-8,11H,4,14H2,1-3H3/t11-/m0/s1. The van der Waals surface area contributed by atoms with Crippen molar-refractivity contribution in [2.45, 2.75) is 36.4 Å². The van der Waals surface area contributed by atoms with Gasteiger partial charge in [-0.05, 0) is 36.7 Å². The second-order valence-corrected chi connectivity index (χ2v) is 5.25. The fourth-order valence-electron chi connectivity index (χ4n) is 1.67. The van der Waals surface area contributed by atoms with Crippen molar-refractivity contribution in [2.75, 3.05) is 0 Å². The Balaban J connectivity index is 2.32. The summed E-state index contributed by atoms with van der Waals surface area (Å²) in [6, 6.07) is 8.29. The molecule has 1 aromatic heterocycles. The first kappa shape index (κ1) is 13.1. The third-order valence-corrected chi connectivity index (χ3v) is 4.14. The molecule has 2 aromatic rings. The van der Waals surface area contributed by atoms with Gasteiger partial charge in [-0.3, -0.25) is 0 Å². The van der Waals surface area contributed by atoms with Gasteiger partial charge in [0.1, 0.15) is 5.82 Å². The van der Waals surface area contributed by atoms with E-state index in [1.54, 1.807) is 11.8 Å². The number of nitrogens with two attached hydrogens (primary N) is 1. The normalized spacial score (nSPS) is 12.7. The van der Waals surface area contributed by atoms with Crippen molar-refractivity contribution in [2.24, 2.45) is 12.8 Å². The van der Waals surface area contributed by atoms with Gasteiger partial charge in [-0.25, -0.2) is 0 Å². The van der Waals surface area contributed by atoms with Crippen molar-refractivity contribution in [3.8, 4) is 0 Å². The highest BCUT2D eigenvalue weighted by Crippen LogP contribution is 2.32. The highest BCUT2D eigenvalue weighted by atomic mass is 32.2. The maximum Gasteiger partial charge on any atom is 0.195 e. The number of benzene rings is 1. The summed E-state index contributed by atoms with van der Waals surface area (Å²) in [6.07, 6.45) is 0.926. The van der Waals surface area contributed by atoms with E-state index in [0.29, 0.717) is 0 Å². The van der Waals surface area contributed by atoms with Crippen LogP contribution in [-0.2, 0) is 7.05 Å². The van der Waals surface area contributed by atoms with Gasteiger partial charge >= 0.3 is 0 Å². The van der Waals surface area contributed by atoms with Crippen molar-refractivity contribution in [3.05, 3.63) is 35.7 Å². The number of aromatic nitrogens is 3. The Morgan fingerprint density at radius 1 is 1.33 bits per heavy atom. The van der Waals surface area contributed by atoms with Gasteiger partial charge in [-0.2, -0.15) is 0 Å². The summed E-state index contributed by atoms with van der Waals surface area (Å²) < 4.78 is 1.99. The molecule has 0 radical (unpaired) electrons. The van der Waals surface area contributed by atoms with E-state index in [9.17, 15) is 0 Å². The lowest BCUT2D eigenvalue weighted by atomic mass is 10.1.